The summed E-state index contributed by atoms with van der Waals surface area (Å²) < 4.78 is 1.59. The molecule has 0 saturated carbocycles. The summed E-state index contributed by atoms with van der Waals surface area (Å²) in [5, 5.41) is 7.61. The standard InChI is InChI=1S/C17H21N5O2/c1-17(2,3)12-6-4-11(5-7-12)16(24)21-8-13(9-21)22-10-14(15(18)23)19-20-22/h4-7,10,13H,8-9H2,1-3H3,(H2,18,23). The summed E-state index contributed by atoms with van der Waals surface area (Å²) >= 11 is 0. The third kappa shape index (κ3) is 3.02. The second kappa shape index (κ2) is 5.74. The van der Waals surface area contributed by atoms with Gasteiger partial charge in [0.25, 0.3) is 11.8 Å². The number of primary amides is 1. The molecule has 0 atom stereocenters. The Morgan fingerprint density at radius 2 is 1.79 bits per heavy atom. The molecule has 7 nitrogen and oxygen atoms in total. The summed E-state index contributed by atoms with van der Waals surface area (Å²) in [5.74, 6) is -0.602. The Morgan fingerprint density at radius 3 is 2.29 bits per heavy atom. The smallest absolute Gasteiger partial charge is 0.270 e. The molecule has 7 heteroatoms. The molecule has 1 saturated heterocycles. The lowest BCUT2D eigenvalue weighted by Crippen LogP contribution is -2.50. The van der Waals surface area contributed by atoms with Gasteiger partial charge in [0.05, 0.1) is 12.2 Å². The summed E-state index contributed by atoms with van der Waals surface area (Å²) in [6.45, 7) is 7.51. The fraction of sp³-hybridized carbons (Fsp3) is 0.412. The van der Waals surface area contributed by atoms with Gasteiger partial charge in [-0.2, -0.15) is 0 Å². The summed E-state index contributed by atoms with van der Waals surface area (Å²) in [4.78, 5) is 25.3. The normalized spacial score (nSPS) is 15.2. The average Bonchev–Trinajstić information content (AvgIpc) is 2.94. The van der Waals surface area contributed by atoms with E-state index in [0.717, 1.165) is 0 Å². The first-order valence-electron chi connectivity index (χ1n) is 7.87. The number of aromatic nitrogens is 3. The van der Waals surface area contributed by atoms with Gasteiger partial charge < -0.3 is 10.6 Å². The number of carbonyl (C=O) groups excluding carboxylic acids is 2. The van der Waals surface area contributed by atoms with Gasteiger partial charge in [-0.15, -0.1) is 5.10 Å². The van der Waals surface area contributed by atoms with E-state index in [1.807, 2.05) is 24.3 Å². The zero-order valence-corrected chi connectivity index (χ0v) is 14.1. The highest BCUT2D eigenvalue weighted by Crippen LogP contribution is 2.25. The van der Waals surface area contributed by atoms with Crippen LogP contribution in [0.4, 0.5) is 0 Å². The lowest BCUT2D eigenvalue weighted by Gasteiger charge is -2.38. The highest BCUT2D eigenvalue weighted by atomic mass is 16.2. The molecule has 0 unspecified atom stereocenters. The predicted molar refractivity (Wildman–Crippen MR) is 88.6 cm³/mol. The highest BCUT2D eigenvalue weighted by Gasteiger charge is 2.33. The van der Waals surface area contributed by atoms with E-state index in [1.165, 1.54) is 11.8 Å². The Labute approximate surface area is 140 Å². The van der Waals surface area contributed by atoms with E-state index in [4.69, 9.17) is 5.73 Å². The lowest BCUT2D eigenvalue weighted by atomic mass is 9.86. The van der Waals surface area contributed by atoms with Crippen LogP contribution in [0.5, 0.6) is 0 Å². The van der Waals surface area contributed by atoms with Crippen LogP contribution in [0.1, 0.15) is 53.2 Å². The number of nitrogens with two attached hydrogens (primary N) is 1. The van der Waals surface area contributed by atoms with E-state index in [-0.39, 0.29) is 23.1 Å². The molecule has 3 rings (SSSR count). The van der Waals surface area contributed by atoms with Gasteiger partial charge in [0.1, 0.15) is 0 Å². The highest BCUT2D eigenvalue weighted by molar-refractivity contribution is 5.94. The lowest BCUT2D eigenvalue weighted by molar-refractivity contribution is 0.0498. The number of amides is 2. The summed E-state index contributed by atoms with van der Waals surface area (Å²) in [7, 11) is 0. The van der Waals surface area contributed by atoms with E-state index < -0.39 is 5.91 Å². The minimum Gasteiger partial charge on any atom is -0.364 e. The van der Waals surface area contributed by atoms with Crippen molar-refractivity contribution >= 4 is 11.8 Å². The van der Waals surface area contributed by atoms with Gasteiger partial charge in [0.2, 0.25) is 0 Å². The quantitative estimate of drug-likeness (QED) is 0.921. The van der Waals surface area contributed by atoms with Gasteiger partial charge in [-0.1, -0.05) is 38.1 Å². The van der Waals surface area contributed by atoms with Crippen molar-refractivity contribution in [1.82, 2.24) is 19.9 Å². The summed E-state index contributed by atoms with van der Waals surface area (Å²) in [5.41, 5.74) is 7.24. The fourth-order valence-corrected chi connectivity index (χ4v) is 2.65. The van der Waals surface area contributed by atoms with Crippen molar-refractivity contribution in [3.05, 3.63) is 47.3 Å². The third-order valence-corrected chi connectivity index (χ3v) is 4.28. The van der Waals surface area contributed by atoms with Crippen LogP contribution in [0.2, 0.25) is 0 Å². The zero-order valence-electron chi connectivity index (χ0n) is 14.1. The van der Waals surface area contributed by atoms with Crippen molar-refractivity contribution in [1.29, 1.82) is 0 Å². The SMILES string of the molecule is CC(C)(C)c1ccc(C(=O)N2CC(n3cc(C(N)=O)nn3)C2)cc1. The maximum Gasteiger partial charge on any atom is 0.270 e. The maximum absolute atomic E-state index is 12.5. The molecule has 0 aliphatic carbocycles. The van der Waals surface area contributed by atoms with Crippen molar-refractivity contribution in [3.8, 4) is 0 Å². The molecule has 2 heterocycles. The minimum atomic E-state index is -0.604. The largest absolute Gasteiger partial charge is 0.364 e. The van der Waals surface area contributed by atoms with Crippen LogP contribution in [0.3, 0.4) is 0 Å². The van der Waals surface area contributed by atoms with E-state index in [1.54, 1.807) is 9.58 Å². The number of rotatable bonds is 3. The molecule has 1 aromatic carbocycles. The summed E-state index contributed by atoms with van der Waals surface area (Å²) in [6, 6.07) is 7.78. The van der Waals surface area contributed by atoms with Crippen molar-refractivity contribution in [2.24, 2.45) is 5.73 Å². The molecule has 1 aliphatic heterocycles. The number of nitrogens with zero attached hydrogens (tertiary/aromatic N) is 4. The first-order chi connectivity index (χ1) is 11.3. The molecule has 2 aromatic rings. The molecule has 24 heavy (non-hydrogen) atoms. The Balaban J connectivity index is 1.63. The molecule has 2 amide bonds. The Hall–Kier alpha value is -2.70. The van der Waals surface area contributed by atoms with Crippen molar-refractivity contribution in [2.75, 3.05) is 13.1 Å². The Morgan fingerprint density at radius 1 is 1.17 bits per heavy atom. The number of likely N-dealkylation sites (tertiary alicyclic amines) is 1. The Kier molecular flexibility index (Phi) is 3.87. The van der Waals surface area contributed by atoms with E-state index in [9.17, 15) is 9.59 Å². The van der Waals surface area contributed by atoms with Crippen LogP contribution in [-0.4, -0.2) is 44.8 Å². The molecule has 1 aromatic heterocycles. The van der Waals surface area contributed by atoms with Crippen molar-refractivity contribution in [3.63, 3.8) is 0 Å². The zero-order chi connectivity index (χ0) is 17.5. The second-order valence-electron chi connectivity index (χ2n) is 7.14. The van der Waals surface area contributed by atoms with E-state index >= 15 is 0 Å². The predicted octanol–water partition coefficient (Wildman–Crippen LogP) is 1.37. The molecule has 0 radical (unpaired) electrons. The number of hydrogen-bond donors (Lipinski definition) is 1. The first-order valence-corrected chi connectivity index (χ1v) is 7.87. The monoisotopic (exact) mass is 327 g/mol. The van der Waals surface area contributed by atoms with Crippen molar-refractivity contribution in [2.45, 2.75) is 32.2 Å². The summed E-state index contributed by atoms with van der Waals surface area (Å²) in [6.07, 6.45) is 1.52. The fourth-order valence-electron chi connectivity index (χ4n) is 2.65. The van der Waals surface area contributed by atoms with Gasteiger partial charge in [-0.05, 0) is 23.1 Å². The molecule has 1 aliphatic rings. The van der Waals surface area contributed by atoms with E-state index in [0.29, 0.717) is 18.7 Å². The van der Waals surface area contributed by atoms with Crippen LogP contribution in [0.25, 0.3) is 0 Å². The minimum absolute atomic E-state index is 0.00180. The van der Waals surface area contributed by atoms with Gasteiger partial charge in [0, 0.05) is 18.7 Å². The number of benzene rings is 1. The number of carbonyl (C=O) groups is 2. The number of hydrogen-bond acceptors (Lipinski definition) is 4. The van der Waals surface area contributed by atoms with E-state index in [2.05, 4.69) is 31.1 Å². The van der Waals surface area contributed by atoms with Gasteiger partial charge in [-0.3, -0.25) is 9.59 Å². The topological polar surface area (TPSA) is 94.1 Å². The van der Waals surface area contributed by atoms with Gasteiger partial charge in [0.15, 0.2) is 5.69 Å². The van der Waals surface area contributed by atoms with Gasteiger partial charge >= 0.3 is 0 Å². The molecule has 2 N–H and O–H groups in total. The molecule has 126 valence electrons. The maximum atomic E-state index is 12.5. The second-order valence-corrected chi connectivity index (χ2v) is 7.14. The molecular formula is C17H21N5O2. The van der Waals surface area contributed by atoms with Crippen LogP contribution in [0.15, 0.2) is 30.5 Å². The van der Waals surface area contributed by atoms with Crippen LogP contribution < -0.4 is 5.73 Å². The van der Waals surface area contributed by atoms with Crippen LogP contribution >= 0.6 is 0 Å². The molecule has 0 spiro atoms. The van der Waals surface area contributed by atoms with Crippen LogP contribution in [-0.2, 0) is 5.41 Å². The average molecular weight is 327 g/mol. The van der Waals surface area contributed by atoms with Gasteiger partial charge in [-0.25, -0.2) is 4.68 Å². The molecular weight excluding hydrogens is 306 g/mol. The molecule has 1 fully saturated rings. The Bertz CT molecular complexity index is 767. The first kappa shape index (κ1) is 16.2. The molecule has 0 bridgehead atoms. The third-order valence-electron chi connectivity index (χ3n) is 4.28. The van der Waals surface area contributed by atoms with Crippen molar-refractivity contribution < 1.29 is 9.59 Å². The van der Waals surface area contributed by atoms with Crippen LogP contribution in [0, 0.1) is 0 Å².